The second kappa shape index (κ2) is 4.93. The summed E-state index contributed by atoms with van der Waals surface area (Å²) in [6.07, 6.45) is 5.01. The van der Waals surface area contributed by atoms with Crippen molar-refractivity contribution in [1.82, 2.24) is 5.32 Å². The Balaban J connectivity index is 2.00. The Morgan fingerprint density at radius 1 is 1.28 bits per heavy atom. The van der Waals surface area contributed by atoms with Crippen LogP contribution in [0.1, 0.15) is 45.6 Å². The lowest BCUT2D eigenvalue weighted by molar-refractivity contribution is 0.118. The van der Waals surface area contributed by atoms with E-state index in [-0.39, 0.29) is 5.54 Å². The molecule has 0 unspecified atom stereocenters. The van der Waals surface area contributed by atoms with E-state index >= 15 is 0 Å². The van der Waals surface area contributed by atoms with E-state index in [0.29, 0.717) is 11.2 Å². The molecule has 0 spiro atoms. The second-order valence-electron chi connectivity index (χ2n) is 6.80. The molecule has 2 rings (SSSR count). The summed E-state index contributed by atoms with van der Waals surface area (Å²) in [6, 6.07) is 7.70. The van der Waals surface area contributed by atoms with Gasteiger partial charge in [0, 0.05) is 12.1 Å². The number of hydrogen-bond donors (Lipinski definition) is 2. The van der Waals surface area contributed by atoms with Crippen LogP contribution < -0.4 is 5.32 Å². The molecule has 1 aromatic carbocycles. The van der Waals surface area contributed by atoms with Gasteiger partial charge in [0.25, 0.3) is 0 Å². The van der Waals surface area contributed by atoms with E-state index < -0.39 is 0 Å². The van der Waals surface area contributed by atoms with Crippen LogP contribution in [0, 0.1) is 5.41 Å². The van der Waals surface area contributed by atoms with E-state index in [1.165, 1.54) is 24.8 Å². The van der Waals surface area contributed by atoms with Crippen molar-refractivity contribution in [2.24, 2.45) is 5.41 Å². The zero-order valence-corrected chi connectivity index (χ0v) is 11.8. The van der Waals surface area contributed by atoms with Gasteiger partial charge < -0.3 is 10.4 Å². The maximum absolute atomic E-state index is 9.54. The number of phenols is 1. The highest BCUT2D eigenvalue weighted by Crippen LogP contribution is 2.43. The van der Waals surface area contributed by atoms with Crippen molar-refractivity contribution in [2.45, 2.75) is 52.0 Å². The molecule has 0 amide bonds. The second-order valence-corrected chi connectivity index (χ2v) is 6.80. The molecule has 0 saturated heterocycles. The number of nitrogens with one attached hydrogen (secondary N) is 1. The molecule has 2 nitrogen and oxygen atoms in total. The summed E-state index contributed by atoms with van der Waals surface area (Å²) in [6.45, 7) is 7.72. The van der Waals surface area contributed by atoms with Gasteiger partial charge in [0.1, 0.15) is 5.75 Å². The Labute approximate surface area is 110 Å². The van der Waals surface area contributed by atoms with E-state index in [4.69, 9.17) is 0 Å². The summed E-state index contributed by atoms with van der Waals surface area (Å²) in [4.78, 5) is 0. The zero-order chi connectivity index (χ0) is 13.2. The van der Waals surface area contributed by atoms with Crippen molar-refractivity contribution in [3.63, 3.8) is 0 Å². The van der Waals surface area contributed by atoms with Crippen LogP contribution in [0.5, 0.6) is 5.75 Å². The fourth-order valence-electron chi connectivity index (χ4n) is 2.64. The fraction of sp³-hybridized carbons (Fsp3) is 0.625. The molecule has 100 valence electrons. The van der Waals surface area contributed by atoms with Crippen molar-refractivity contribution in [1.29, 1.82) is 0 Å². The fourth-order valence-corrected chi connectivity index (χ4v) is 2.64. The average molecular weight is 247 g/mol. The molecule has 1 aliphatic carbocycles. The number of hydrogen-bond acceptors (Lipinski definition) is 2. The number of aromatic hydroxyl groups is 1. The van der Waals surface area contributed by atoms with Gasteiger partial charge in [0.05, 0.1) is 0 Å². The van der Waals surface area contributed by atoms with Gasteiger partial charge in [-0.2, -0.15) is 0 Å². The Morgan fingerprint density at radius 3 is 2.50 bits per heavy atom. The van der Waals surface area contributed by atoms with E-state index in [0.717, 1.165) is 13.0 Å². The normalized spacial score (nSPS) is 18.4. The summed E-state index contributed by atoms with van der Waals surface area (Å²) >= 11 is 0. The quantitative estimate of drug-likeness (QED) is 0.853. The van der Waals surface area contributed by atoms with Crippen LogP contribution in [0.4, 0.5) is 0 Å². The molecule has 0 aliphatic heterocycles. The van der Waals surface area contributed by atoms with Crippen LogP contribution in [-0.2, 0) is 6.42 Å². The lowest BCUT2D eigenvalue weighted by atomic mass is 9.65. The van der Waals surface area contributed by atoms with Gasteiger partial charge in [-0.3, -0.25) is 0 Å². The molecule has 2 heteroatoms. The largest absolute Gasteiger partial charge is 0.508 e. The molecule has 0 heterocycles. The molecule has 1 saturated carbocycles. The Kier molecular flexibility index (Phi) is 3.67. The van der Waals surface area contributed by atoms with E-state index in [1.807, 2.05) is 12.1 Å². The first-order valence-electron chi connectivity index (χ1n) is 6.92. The molecule has 1 aliphatic rings. The Morgan fingerprint density at radius 2 is 2.00 bits per heavy atom. The van der Waals surface area contributed by atoms with Crippen LogP contribution in [-0.4, -0.2) is 17.2 Å². The minimum Gasteiger partial charge on any atom is -0.508 e. The van der Waals surface area contributed by atoms with Crippen LogP contribution in [0.3, 0.4) is 0 Å². The standard InChI is InChI=1S/C16H25NO/c1-15(2,3)17-12-16(8-5-9-16)11-13-6-4-7-14(18)10-13/h4,6-7,10,17-18H,5,8-9,11-12H2,1-3H3. The van der Waals surface area contributed by atoms with Crippen LogP contribution >= 0.6 is 0 Å². The van der Waals surface area contributed by atoms with E-state index in [9.17, 15) is 5.11 Å². The van der Waals surface area contributed by atoms with Gasteiger partial charge in [-0.15, -0.1) is 0 Å². The van der Waals surface area contributed by atoms with Gasteiger partial charge in [0.15, 0.2) is 0 Å². The van der Waals surface area contributed by atoms with Gasteiger partial charge in [-0.1, -0.05) is 18.6 Å². The third kappa shape index (κ3) is 3.49. The zero-order valence-electron chi connectivity index (χ0n) is 11.8. The summed E-state index contributed by atoms with van der Waals surface area (Å²) in [5, 5.41) is 13.2. The summed E-state index contributed by atoms with van der Waals surface area (Å²) < 4.78 is 0. The molecule has 1 aromatic rings. The van der Waals surface area contributed by atoms with Crippen LogP contribution in [0.15, 0.2) is 24.3 Å². The van der Waals surface area contributed by atoms with Crippen molar-refractivity contribution >= 4 is 0 Å². The smallest absolute Gasteiger partial charge is 0.115 e. The predicted octanol–water partition coefficient (Wildman–Crippen LogP) is 3.49. The van der Waals surface area contributed by atoms with Crippen molar-refractivity contribution in [2.75, 3.05) is 6.54 Å². The Bertz CT molecular complexity index is 402. The topological polar surface area (TPSA) is 32.3 Å². The predicted molar refractivity (Wildman–Crippen MR) is 75.9 cm³/mol. The first kappa shape index (κ1) is 13.4. The average Bonchev–Trinajstić information content (AvgIpc) is 2.20. The number of benzene rings is 1. The van der Waals surface area contributed by atoms with Gasteiger partial charge >= 0.3 is 0 Å². The first-order chi connectivity index (χ1) is 8.39. The van der Waals surface area contributed by atoms with Gasteiger partial charge in [-0.25, -0.2) is 0 Å². The third-order valence-corrected chi connectivity index (χ3v) is 3.90. The third-order valence-electron chi connectivity index (χ3n) is 3.90. The SMILES string of the molecule is CC(C)(C)NCC1(Cc2cccc(O)c2)CCC1. The van der Waals surface area contributed by atoms with Crippen molar-refractivity contribution in [3.8, 4) is 5.75 Å². The number of phenolic OH excluding ortho intramolecular Hbond substituents is 1. The molecule has 18 heavy (non-hydrogen) atoms. The highest BCUT2D eigenvalue weighted by Gasteiger charge is 2.37. The van der Waals surface area contributed by atoms with E-state index in [1.54, 1.807) is 6.07 Å². The van der Waals surface area contributed by atoms with Crippen molar-refractivity contribution in [3.05, 3.63) is 29.8 Å². The maximum atomic E-state index is 9.54. The molecule has 2 N–H and O–H groups in total. The monoisotopic (exact) mass is 247 g/mol. The highest BCUT2D eigenvalue weighted by atomic mass is 16.3. The van der Waals surface area contributed by atoms with Crippen molar-refractivity contribution < 1.29 is 5.11 Å². The lowest BCUT2D eigenvalue weighted by Crippen LogP contribution is -2.47. The molecule has 1 fully saturated rings. The Hall–Kier alpha value is -1.02. The number of rotatable bonds is 4. The minimum absolute atomic E-state index is 0.182. The van der Waals surface area contributed by atoms with Gasteiger partial charge in [0.2, 0.25) is 0 Å². The van der Waals surface area contributed by atoms with Gasteiger partial charge in [-0.05, 0) is 63.1 Å². The molecule has 0 atom stereocenters. The first-order valence-corrected chi connectivity index (χ1v) is 6.92. The molecule has 0 aromatic heterocycles. The molecule has 0 bridgehead atoms. The van der Waals surface area contributed by atoms with Crippen LogP contribution in [0.2, 0.25) is 0 Å². The summed E-state index contributed by atoms with van der Waals surface area (Å²) in [7, 11) is 0. The van der Waals surface area contributed by atoms with Crippen LogP contribution in [0.25, 0.3) is 0 Å². The summed E-state index contributed by atoms with van der Waals surface area (Å²) in [5.74, 6) is 0.380. The minimum atomic E-state index is 0.182. The summed E-state index contributed by atoms with van der Waals surface area (Å²) in [5.41, 5.74) is 1.84. The van der Waals surface area contributed by atoms with E-state index in [2.05, 4.69) is 32.2 Å². The molecular weight excluding hydrogens is 222 g/mol. The highest BCUT2D eigenvalue weighted by molar-refractivity contribution is 5.28. The molecule has 0 radical (unpaired) electrons. The lowest BCUT2D eigenvalue weighted by Gasteiger charge is -2.44. The maximum Gasteiger partial charge on any atom is 0.115 e. The molecular formula is C16H25NO.